The van der Waals surface area contributed by atoms with Crippen molar-refractivity contribution in [3.8, 4) is 0 Å². The van der Waals surface area contributed by atoms with Crippen LogP contribution in [0.1, 0.15) is 12.0 Å². The Bertz CT molecular complexity index is 341. The third-order valence-corrected chi connectivity index (χ3v) is 2.31. The molecule has 1 aromatic rings. The van der Waals surface area contributed by atoms with Gasteiger partial charge in [-0.15, -0.1) is 0 Å². The van der Waals surface area contributed by atoms with Crippen LogP contribution >= 0.6 is 12.2 Å². The predicted molar refractivity (Wildman–Crippen MR) is 66.5 cm³/mol. The maximum absolute atomic E-state index is 5.73. The van der Waals surface area contributed by atoms with Gasteiger partial charge < -0.3 is 11.5 Å². The number of benzene rings is 1. The molecule has 15 heavy (non-hydrogen) atoms. The van der Waals surface area contributed by atoms with E-state index in [0.29, 0.717) is 6.54 Å². The number of thiocarbonyl (C=S) groups is 1. The lowest BCUT2D eigenvalue weighted by Gasteiger charge is -2.07. The average molecular weight is 221 g/mol. The van der Waals surface area contributed by atoms with Crippen molar-refractivity contribution >= 4 is 23.1 Å². The summed E-state index contributed by atoms with van der Waals surface area (Å²) < 4.78 is 0. The van der Waals surface area contributed by atoms with Crippen molar-refractivity contribution in [2.24, 2.45) is 16.5 Å². The number of hydrogen-bond acceptors (Lipinski definition) is 4. The molecule has 0 radical (unpaired) electrons. The van der Waals surface area contributed by atoms with E-state index in [1.54, 1.807) is 0 Å². The molecule has 0 bridgehead atoms. The highest BCUT2D eigenvalue weighted by Gasteiger charge is 2.00. The summed E-state index contributed by atoms with van der Waals surface area (Å²) in [5, 5.41) is 2.33. The molecule has 0 aliphatic rings. The third kappa shape index (κ3) is 4.32. The molecule has 0 saturated heterocycles. The van der Waals surface area contributed by atoms with Crippen molar-refractivity contribution in [2.75, 3.05) is 6.54 Å². The summed E-state index contributed by atoms with van der Waals surface area (Å²) in [6.07, 6.45) is 1.85. The minimum absolute atomic E-state index is 0.0867. The van der Waals surface area contributed by atoms with Gasteiger partial charge in [0.05, 0.1) is 10.8 Å². The molecule has 0 spiro atoms. The summed E-state index contributed by atoms with van der Waals surface area (Å²) in [5.41, 5.74) is 13.2. The number of hydrogen-bond donors (Lipinski definition) is 2. The van der Waals surface area contributed by atoms with Gasteiger partial charge in [0, 0.05) is 12.6 Å². The fraction of sp³-hybridized carbons (Fsp3) is 0.364. The molecule has 3 nitrogen and oxygen atoms in total. The molecule has 0 saturated carbocycles. The molecule has 1 rings (SSSR count). The fourth-order valence-electron chi connectivity index (χ4n) is 1.26. The Morgan fingerprint density at radius 1 is 1.33 bits per heavy atom. The average Bonchev–Trinajstić information content (AvgIpc) is 2.28. The standard InChI is InChI=1S/C11H15N3S/c12-7-10(13)4-1-9-2-5-11(6-3-9)14-8-15/h2-3,5-6,10H,1,4,7,12-13H2. The van der Waals surface area contributed by atoms with Crippen LogP contribution in [0.5, 0.6) is 0 Å². The molecule has 0 heterocycles. The van der Waals surface area contributed by atoms with Crippen LogP contribution in [0.2, 0.25) is 0 Å². The van der Waals surface area contributed by atoms with E-state index >= 15 is 0 Å². The van der Waals surface area contributed by atoms with Crippen LogP contribution in [0.3, 0.4) is 0 Å². The largest absolute Gasteiger partial charge is 0.329 e. The van der Waals surface area contributed by atoms with Crippen molar-refractivity contribution in [2.45, 2.75) is 18.9 Å². The summed E-state index contributed by atoms with van der Waals surface area (Å²) >= 11 is 4.52. The highest BCUT2D eigenvalue weighted by Crippen LogP contribution is 2.13. The molecule has 1 atom stereocenters. The fourth-order valence-corrected chi connectivity index (χ4v) is 1.37. The maximum Gasteiger partial charge on any atom is 0.0739 e. The van der Waals surface area contributed by atoms with Crippen molar-refractivity contribution < 1.29 is 0 Å². The molecule has 0 fully saturated rings. The summed E-state index contributed by atoms with van der Waals surface area (Å²) in [4.78, 5) is 3.88. The lowest BCUT2D eigenvalue weighted by molar-refractivity contribution is 0.623. The summed E-state index contributed by atoms with van der Waals surface area (Å²) in [6, 6.07) is 7.97. The van der Waals surface area contributed by atoms with E-state index in [0.717, 1.165) is 18.5 Å². The molecule has 0 aliphatic carbocycles. The van der Waals surface area contributed by atoms with Gasteiger partial charge in [-0.05, 0) is 42.8 Å². The maximum atomic E-state index is 5.73. The van der Waals surface area contributed by atoms with E-state index in [-0.39, 0.29) is 6.04 Å². The first kappa shape index (κ1) is 12.0. The van der Waals surface area contributed by atoms with Gasteiger partial charge in [0.15, 0.2) is 0 Å². The number of aryl methyl sites for hydroxylation is 1. The normalized spacial score (nSPS) is 11.9. The molecule has 0 aliphatic heterocycles. The molecule has 1 aromatic carbocycles. The van der Waals surface area contributed by atoms with Gasteiger partial charge in [-0.1, -0.05) is 12.1 Å². The molecule has 4 N–H and O–H groups in total. The Morgan fingerprint density at radius 3 is 2.53 bits per heavy atom. The zero-order valence-electron chi connectivity index (χ0n) is 8.52. The van der Waals surface area contributed by atoms with Crippen LogP contribution < -0.4 is 11.5 Å². The number of isothiocyanates is 1. The van der Waals surface area contributed by atoms with Gasteiger partial charge in [0.2, 0.25) is 0 Å². The predicted octanol–water partition coefficient (Wildman–Crippen LogP) is 1.64. The van der Waals surface area contributed by atoms with Crippen molar-refractivity contribution in [1.82, 2.24) is 0 Å². The first-order valence-corrected chi connectivity index (χ1v) is 5.29. The Morgan fingerprint density at radius 2 is 2.00 bits per heavy atom. The van der Waals surface area contributed by atoms with Crippen LogP contribution in [0, 0.1) is 0 Å². The SMILES string of the molecule is NCC(N)CCc1ccc(N=C=S)cc1. The first-order valence-electron chi connectivity index (χ1n) is 4.88. The van der Waals surface area contributed by atoms with Crippen LogP contribution in [0.4, 0.5) is 5.69 Å². The number of rotatable bonds is 5. The van der Waals surface area contributed by atoms with E-state index in [1.165, 1.54) is 5.56 Å². The second-order valence-corrected chi connectivity index (χ2v) is 3.59. The summed E-state index contributed by atoms with van der Waals surface area (Å²) in [6.45, 7) is 0.535. The molecule has 1 unspecified atom stereocenters. The summed E-state index contributed by atoms with van der Waals surface area (Å²) in [7, 11) is 0. The minimum atomic E-state index is 0.0867. The van der Waals surface area contributed by atoms with E-state index in [2.05, 4.69) is 22.4 Å². The monoisotopic (exact) mass is 221 g/mol. The van der Waals surface area contributed by atoms with Crippen molar-refractivity contribution in [3.05, 3.63) is 29.8 Å². The molecule has 4 heteroatoms. The van der Waals surface area contributed by atoms with Gasteiger partial charge in [0.25, 0.3) is 0 Å². The highest BCUT2D eigenvalue weighted by molar-refractivity contribution is 7.78. The van der Waals surface area contributed by atoms with Crippen LogP contribution in [-0.2, 0) is 6.42 Å². The Kier molecular flexibility index (Phi) is 5.15. The Labute approximate surface area is 95.2 Å². The van der Waals surface area contributed by atoms with E-state index in [1.807, 2.05) is 24.3 Å². The zero-order chi connectivity index (χ0) is 11.1. The van der Waals surface area contributed by atoms with E-state index in [9.17, 15) is 0 Å². The van der Waals surface area contributed by atoms with Crippen LogP contribution in [-0.4, -0.2) is 17.7 Å². The number of nitrogens with zero attached hydrogens (tertiary/aromatic N) is 1. The van der Waals surface area contributed by atoms with Crippen molar-refractivity contribution in [1.29, 1.82) is 0 Å². The second kappa shape index (κ2) is 6.43. The molecule has 80 valence electrons. The molecular formula is C11H15N3S. The van der Waals surface area contributed by atoms with Crippen molar-refractivity contribution in [3.63, 3.8) is 0 Å². The second-order valence-electron chi connectivity index (χ2n) is 3.40. The Balaban J connectivity index is 2.53. The van der Waals surface area contributed by atoms with E-state index in [4.69, 9.17) is 11.5 Å². The topological polar surface area (TPSA) is 64.4 Å². The van der Waals surface area contributed by atoms with Crippen LogP contribution in [0.15, 0.2) is 29.3 Å². The molecule has 0 aromatic heterocycles. The zero-order valence-corrected chi connectivity index (χ0v) is 9.33. The number of aliphatic imine (C=N–C) groups is 1. The van der Waals surface area contributed by atoms with Gasteiger partial charge in [-0.3, -0.25) is 0 Å². The Hall–Kier alpha value is -1.06. The van der Waals surface area contributed by atoms with Crippen LogP contribution in [0.25, 0.3) is 0 Å². The molecular weight excluding hydrogens is 206 g/mol. The molecule has 0 amide bonds. The quantitative estimate of drug-likeness (QED) is 0.587. The van der Waals surface area contributed by atoms with Gasteiger partial charge in [-0.25, -0.2) is 0 Å². The lowest BCUT2D eigenvalue weighted by atomic mass is 10.1. The highest BCUT2D eigenvalue weighted by atomic mass is 32.1. The summed E-state index contributed by atoms with van der Waals surface area (Å²) in [5.74, 6) is 0. The minimum Gasteiger partial charge on any atom is -0.329 e. The number of nitrogens with two attached hydrogens (primary N) is 2. The van der Waals surface area contributed by atoms with E-state index < -0.39 is 0 Å². The van der Waals surface area contributed by atoms with Gasteiger partial charge in [-0.2, -0.15) is 4.99 Å². The third-order valence-electron chi connectivity index (χ3n) is 2.22. The van der Waals surface area contributed by atoms with Gasteiger partial charge >= 0.3 is 0 Å². The first-order chi connectivity index (χ1) is 7.26. The van der Waals surface area contributed by atoms with Gasteiger partial charge in [0.1, 0.15) is 0 Å². The lowest BCUT2D eigenvalue weighted by Crippen LogP contribution is -2.29. The smallest absolute Gasteiger partial charge is 0.0739 e.